The van der Waals surface area contributed by atoms with Crippen LogP contribution in [0.1, 0.15) is 79.0 Å². The first kappa shape index (κ1) is 56.6. The van der Waals surface area contributed by atoms with Crippen molar-refractivity contribution in [3.05, 3.63) is 284 Å². The van der Waals surface area contributed by atoms with Crippen LogP contribution in [0.15, 0.2) is 271 Å². The Morgan fingerprint density at radius 1 is 0.333 bits per heavy atom. The molecule has 19 rings (SSSR count). The summed E-state index contributed by atoms with van der Waals surface area (Å²) in [5, 5.41) is 18.7. The summed E-state index contributed by atoms with van der Waals surface area (Å²) >= 11 is 0. The molecule has 0 spiro atoms. The second-order valence-electron chi connectivity index (χ2n) is 30.3. The molecule has 0 unspecified atom stereocenters. The zero-order chi connectivity index (χ0) is 64.8. The molecule has 2 aliphatic rings. The Morgan fingerprint density at radius 2 is 0.833 bits per heavy atom. The number of nitrogens with zero attached hydrogens (tertiary/aromatic N) is 2. The molecule has 4 heteroatoms. The number of fused-ring (bicyclic) bond motifs is 23. The van der Waals surface area contributed by atoms with Crippen molar-refractivity contribution in [2.45, 2.75) is 78.6 Å². The van der Waals surface area contributed by atoms with Crippen LogP contribution in [-0.2, 0) is 16.2 Å². The molecule has 0 N–H and O–H groups in total. The van der Waals surface area contributed by atoms with Crippen LogP contribution in [-0.4, -0.2) is 11.3 Å². The van der Waals surface area contributed by atoms with Crippen molar-refractivity contribution in [1.82, 2.24) is 4.57 Å². The third-order valence-corrected chi connectivity index (χ3v) is 21.5. The minimum absolute atomic E-state index is 0.00349. The van der Waals surface area contributed by atoms with Crippen molar-refractivity contribution >= 4 is 138 Å². The van der Waals surface area contributed by atoms with Crippen LogP contribution in [0.25, 0.3) is 148 Å². The number of benzene rings is 15. The molecule has 0 amide bonds. The van der Waals surface area contributed by atoms with Gasteiger partial charge in [0.1, 0.15) is 5.58 Å². The fraction of sp³-hybridized carbons (Fsp3) is 0.130. The molecule has 2 aromatic heterocycles. The van der Waals surface area contributed by atoms with Crippen LogP contribution in [0.5, 0.6) is 0 Å². The molecule has 0 aliphatic carbocycles. The number of hydrogen-bond donors (Lipinski definition) is 0. The summed E-state index contributed by atoms with van der Waals surface area (Å²) in [5.74, 6) is 0. The predicted molar refractivity (Wildman–Crippen MR) is 413 cm³/mol. The van der Waals surface area contributed by atoms with Gasteiger partial charge in [0, 0.05) is 44.0 Å². The number of hydrogen-bond acceptors (Lipinski definition) is 2. The van der Waals surface area contributed by atoms with Crippen LogP contribution in [0.2, 0.25) is 0 Å². The first-order chi connectivity index (χ1) is 46.6. The molecule has 0 bridgehead atoms. The SMILES string of the molecule is CC(C)(C)c1ccc(-c2cc(N3c4cc(-c5c(-c6ccccc6)cccc5-c5ccccc5)cc5c4B(c4oc6ccc(C(C)(C)C)cc6c43)c3cc4c6ccccc6c6ccccc6c4c4c6c7c8ccccc8c8ccccc8c7ccc6n-5c34)ccc2C(C)(C)C)cc1. The molecule has 3 nitrogen and oxygen atoms in total. The summed E-state index contributed by atoms with van der Waals surface area (Å²) in [5.41, 5.74) is 24.1. The molecule has 0 saturated heterocycles. The predicted octanol–water partition coefficient (Wildman–Crippen LogP) is 23.6. The van der Waals surface area contributed by atoms with Crippen molar-refractivity contribution in [3.8, 4) is 50.2 Å². The van der Waals surface area contributed by atoms with Crippen molar-refractivity contribution in [2.75, 3.05) is 4.90 Å². The normalized spacial score (nSPS) is 13.2. The van der Waals surface area contributed by atoms with E-state index in [2.05, 4.69) is 339 Å². The molecular formula is C92H71BN2O. The van der Waals surface area contributed by atoms with Crippen LogP contribution in [0.4, 0.5) is 17.1 Å². The summed E-state index contributed by atoms with van der Waals surface area (Å²) in [6.45, 7) is 20.6. The highest BCUT2D eigenvalue weighted by molar-refractivity contribution is 7.00. The molecule has 0 fully saturated rings. The molecule has 0 radical (unpaired) electrons. The number of anilines is 3. The number of rotatable bonds is 5. The molecule has 2 aliphatic heterocycles. The van der Waals surface area contributed by atoms with Crippen molar-refractivity contribution in [3.63, 3.8) is 0 Å². The monoisotopic (exact) mass is 1230 g/mol. The summed E-state index contributed by atoms with van der Waals surface area (Å²) < 4.78 is 10.6. The second-order valence-corrected chi connectivity index (χ2v) is 30.3. The molecule has 0 atom stereocenters. The molecule has 4 heterocycles. The second kappa shape index (κ2) is 20.3. The molecular weight excluding hydrogens is 1160 g/mol. The number of furan rings is 1. The van der Waals surface area contributed by atoms with Crippen molar-refractivity contribution in [1.29, 1.82) is 0 Å². The Morgan fingerprint density at radius 3 is 1.41 bits per heavy atom. The highest BCUT2D eigenvalue weighted by Crippen LogP contribution is 2.54. The van der Waals surface area contributed by atoms with E-state index in [9.17, 15) is 0 Å². The van der Waals surface area contributed by atoms with Crippen molar-refractivity contribution in [2.24, 2.45) is 0 Å². The summed E-state index contributed by atoms with van der Waals surface area (Å²) in [4.78, 5) is 2.63. The highest BCUT2D eigenvalue weighted by Gasteiger charge is 2.47. The highest BCUT2D eigenvalue weighted by atomic mass is 16.3. The quantitative estimate of drug-likeness (QED) is 0.127. The maximum Gasteiger partial charge on any atom is 0.297 e. The maximum absolute atomic E-state index is 7.88. The third kappa shape index (κ3) is 8.15. The molecule has 0 saturated carbocycles. The molecule has 15 aromatic carbocycles. The van der Waals surface area contributed by atoms with Crippen LogP contribution < -0.4 is 21.5 Å². The first-order valence-corrected chi connectivity index (χ1v) is 34.2. The zero-order valence-corrected chi connectivity index (χ0v) is 55.8. The Balaban J connectivity index is 1.05. The number of aromatic nitrogens is 1. The van der Waals surface area contributed by atoms with Gasteiger partial charge in [-0.2, -0.15) is 0 Å². The van der Waals surface area contributed by atoms with E-state index in [1.807, 2.05) is 0 Å². The van der Waals surface area contributed by atoms with Crippen molar-refractivity contribution < 1.29 is 4.42 Å². The topological polar surface area (TPSA) is 21.3 Å². The average molecular weight is 1230 g/mol. The van der Waals surface area contributed by atoms with Crippen LogP contribution in [0, 0.1) is 0 Å². The summed E-state index contributed by atoms with van der Waals surface area (Å²) in [6.07, 6.45) is 0. The minimum atomic E-state index is -0.338. The van der Waals surface area contributed by atoms with E-state index in [1.165, 1.54) is 153 Å². The minimum Gasteiger partial charge on any atom is -0.468 e. The van der Waals surface area contributed by atoms with E-state index >= 15 is 0 Å². The fourth-order valence-electron chi connectivity index (χ4n) is 17.1. The van der Waals surface area contributed by atoms with Gasteiger partial charge in [-0.1, -0.05) is 287 Å². The van der Waals surface area contributed by atoms with Gasteiger partial charge < -0.3 is 13.9 Å². The smallest absolute Gasteiger partial charge is 0.297 e. The van der Waals surface area contributed by atoms with Gasteiger partial charge in [0.25, 0.3) is 6.71 Å². The zero-order valence-electron chi connectivity index (χ0n) is 55.8. The van der Waals surface area contributed by atoms with Gasteiger partial charge in [-0.05, 0) is 185 Å². The van der Waals surface area contributed by atoms with E-state index in [4.69, 9.17) is 4.42 Å². The molecule has 458 valence electrons. The summed E-state index contributed by atoms with van der Waals surface area (Å²) in [7, 11) is 0. The Hall–Kier alpha value is -10.9. The first-order valence-electron chi connectivity index (χ1n) is 34.2. The Kier molecular flexibility index (Phi) is 12.0. The fourth-order valence-corrected chi connectivity index (χ4v) is 17.1. The van der Waals surface area contributed by atoms with E-state index in [0.717, 1.165) is 44.9 Å². The van der Waals surface area contributed by atoms with Gasteiger partial charge in [-0.3, -0.25) is 0 Å². The lowest BCUT2D eigenvalue weighted by Crippen LogP contribution is -2.60. The van der Waals surface area contributed by atoms with Gasteiger partial charge >= 0.3 is 0 Å². The largest absolute Gasteiger partial charge is 0.468 e. The third-order valence-electron chi connectivity index (χ3n) is 21.5. The molecule has 17 aromatic rings. The maximum atomic E-state index is 7.88. The lowest BCUT2D eigenvalue weighted by molar-refractivity contribution is 0.589. The van der Waals surface area contributed by atoms with Gasteiger partial charge in [0.15, 0.2) is 0 Å². The van der Waals surface area contributed by atoms with E-state index < -0.39 is 0 Å². The van der Waals surface area contributed by atoms with Gasteiger partial charge in [-0.25, -0.2) is 0 Å². The Bertz CT molecular complexity index is 6090. The van der Waals surface area contributed by atoms with Gasteiger partial charge in [0.2, 0.25) is 0 Å². The lowest BCUT2D eigenvalue weighted by atomic mass is 9.35. The van der Waals surface area contributed by atoms with Gasteiger partial charge in [-0.15, -0.1) is 0 Å². The van der Waals surface area contributed by atoms with Crippen LogP contribution >= 0.6 is 0 Å². The standard InChI is InChI=1S/C92H71BN2O/c1-90(2,3)58-41-39-56(40-42-58)72-52-60(44-46-75(72)92(7,8)9)94-78-49-57(81-61(54-25-12-10-13-26-54)37-24-38-62(81)55-27-14-11-15-28-55)50-79-86(78)93(89-87(94)74-51-59(91(4,5)6)43-48-80(74)96-89)76-53-73-68-34-19-17-30-64(68)66-32-21-23-36-70(66)83(73)85-84-77(95(79)88(76)85)47-45-71-67-33-18-16-29-63(67)65-31-20-22-35-69(65)82(71)84/h10-53H,1-9H3. The average Bonchev–Trinajstić information content (AvgIpc) is 1.46. The lowest BCUT2D eigenvalue weighted by Gasteiger charge is -2.39. The molecule has 96 heavy (non-hydrogen) atoms. The van der Waals surface area contributed by atoms with Gasteiger partial charge in [0.05, 0.1) is 22.4 Å². The summed E-state index contributed by atoms with van der Waals surface area (Å²) in [6, 6.07) is 102. The van der Waals surface area contributed by atoms with E-state index in [0.29, 0.717) is 0 Å². The van der Waals surface area contributed by atoms with E-state index in [1.54, 1.807) is 0 Å². The van der Waals surface area contributed by atoms with Crippen LogP contribution in [0.3, 0.4) is 0 Å². The Labute approximate surface area is 560 Å². The van der Waals surface area contributed by atoms with E-state index in [-0.39, 0.29) is 23.0 Å².